The largest absolute Gasteiger partial charge is 0.454 e. The first-order valence-electron chi connectivity index (χ1n) is 8.96. The molecular weight excluding hydrogens is 391 g/mol. The average Bonchev–Trinajstić information content (AvgIpc) is 2.76. The highest BCUT2D eigenvalue weighted by Crippen LogP contribution is 2.26. The lowest BCUT2D eigenvalue weighted by molar-refractivity contribution is -0.384. The molecule has 3 aromatic rings. The normalized spacial score (nSPS) is 10.3. The minimum atomic E-state index is -0.891. The van der Waals surface area contributed by atoms with Gasteiger partial charge in [-0.05, 0) is 29.8 Å². The van der Waals surface area contributed by atoms with E-state index in [0.29, 0.717) is 6.54 Å². The number of nitrogens with one attached hydrogen (secondary N) is 1. The molecule has 3 aromatic carbocycles. The van der Waals surface area contributed by atoms with E-state index in [-0.39, 0.29) is 22.5 Å². The van der Waals surface area contributed by atoms with Crippen LogP contribution in [-0.4, -0.2) is 23.3 Å². The summed E-state index contributed by atoms with van der Waals surface area (Å²) < 4.78 is 18.1. The van der Waals surface area contributed by atoms with Gasteiger partial charge in [-0.1, -0.05) is 42.5 Å². The summed E-state index contributed by atoms with van der Waals surface area (Å²) in [6.45, 7) is -0.238. The zero-order valence-electron chi connectivity index (χ0n) is 15.7. The summed E-state index contributed by atoms with van der Waals surface area (Å²) in [6, 6.07) is 18.2. The fraction of sp³-hybridized carbons (Fsp3) is 0.0909. The molecule has 0 spiro atoms. The highest BCUT2D eigenvalue weighted by atomic mass is 19.1. The number of ether oxygens (including phenoxy) is 1. The van der Waals surface area contributed by atoms with E-state index < -0.39 is 29.1 Å². The van der Waals surface area contributed by atoms with Gasteiger partial charge in [-0.25, -0.2) is 9.18 Å². The molecule has 0 amide bonds. The van der Waals surface area contributed by atoms with Crippen LogP contribution in [0.25, 0.3) is 0 Å². The van der Waals surface area contributed by atoms with Crippen LogP contribution in [0, 0.1) is 15.9 Å². The van der Waals surface area contributed by atoms with Crippen molar-refractivity contribution in [2.45, 2.75) is 6.54 Å². The summed E-state index contributed by atoms with van der Waals surface area (Å²) in [7, 11) is 0. The quantitative estimate of drug-likeness (QED) is 0.257. The van der Waals surface area contributed by atoms with E-state index >= 15 is 0 Å². The van der Waals surface area contributed by atoms with Crippen molar-refractivity contribution in [1.82, 2.24) is 0 Å². The monoisotopic (exact) mass is 408 g/mol. The Morgan fingerprint density at radius 3 is 2.43 bits per heavy atom. The average molecular weight is 408 g/mol. The second-order valence-corrected chi connectivity index (χ2v) is 6.34. The molecule has 0 fully saturated rings. The second-order valence-electron chi connectivity index (χ2n) is 6.34. The minimum Gasteiger partial charge on any atom is -0.454 e. The number of benzene rings is 3. The van der Waals surface area contributed by atoms with Gasteiger partial charge in [0.1, 0.15) is 11.5 Å². The first-order chi connectivity index (χ1) is 14.4. The van der Waals surface area contributed by atoms with Crippen LogP contribution < -0.4 is 5.32 Å². The van der Waals surface area contributed by atoms with Crippen LogP contribution >= 0.6 is 0 Å². The molecule has 0 aliphatic rings. The maximum Gasteiger partial charge on any atom is 0.338 e. The van der Waals surface area contributed by atoms with Gasteiger partial charge in [0.05, 0.1) is 10.5 Å². The molecule has 0 atom stereocenters. The van der Waals surface area contributed by atoms with E-state index in [1.54, 1.807) is 0 Å². The smallest absolute Gasteiger partial charge is 0.338 e. The molecule has 0 saturated carbocycles. The molecule has 0 bridgehead atoms. The van der Waals surface area contributed by atoms with Crippen molar-refractivity contribution in [3.05, 3.63) is 105 Å². The number of halogens is 1. The van der Waals surface area contributed by atoms with Crippen LogP contribution in [0.5, 0.6) is 0 Å². The number of Topliss-reactive ketones (excluding diaryl/α,β-unsaturated/α-hetero) is 1. The Bertz CT molecular complexity index is 1090. The molecule has 152 valence electrons. The number of carbonyl (C=O) groups excluding carboxylic acids is 2. The number of anilines is 1. The molecule has 0 aliphatic carbocycles. The predicted octanol–water partition coefficient (Wildman–Crippen LogP) is 4.39. The third-order valence-corrected chi connectivity index (χ3v) is 4.24. The van der Waals surface area contributed by atoms with Gasteiger partial charge < -0.3 is 10.1 Å². The molecule has 0 aliphatic heterocycles. The van der Waals surface area contributed by atoms with E-state index in [1.807, 2.05) is 30.3 Å². The minimum absolute atomic E-state index is 0.0641. The molecule has 0 saturated heterocycles. The first kappa shape index (κ1) is 20.7. The number of carbonyl (C=O) groups is 2. The maximum absolute atomic E-state index is 13.2. The van der Waals surface area contributed by atoms with Crippen LogP contribution in [0.4, 0.5) is 15.8 Å². The van der Waals surface area contributed by atoms with Crippen LogP contribution in [0.2, 0.25) is 0 Å². The Morgan fingerprint density at radius 1 is 0.967 bits per heavy atom. The Morgan fingerprint density at radius 2 is 1.73 bits per heavy atom. The number of nitro benzene ring substituents is 1. The Kier molecular flexibility index (Phi) is 6.49. The van der Waals surface area contributed by atoms with Gasteiger partial charge in [0.25, 0.3) is 5.69 Å². The van der Waals surface area contributed by atoms with E-state index in [1.165, 1.54) is 30.3 Å². The van der Waals surface area contributed by atoms with Crippen molar-refractivity contribution < 1.29 is 23.6 Å². The van der Waals surface area contributed by atoms with Crippen molar-refractivity contribution in [3.8, 4) is 0 Å². The van der Waals surface area contributed by atoms with Gasteiger partial charge in [0.15, 0.2) is 12.4 Å². The fourth-order valence-corrected chi connectivity index (χ4v) is 2.71. The van der Waals surface area contributed by atoms with E-state index in [0.717, 1.165) is 17.7 Å². The summed E-state index contributed by atoms with van der Waals surface area (Å²) in [5.74, 6) is -2.06. The van der Waals surface area contributed by atoms with Crippen molar-refractivity contribution in [2.75, 3.05) is 11.9 Å². The standard InChI is InChI=1S/C22H17FN2O5/c23-18-8-4-7-16(11-18)21(26)14-30-22(27)17-9-10-19(20(12-17)25(28)29)24-13-15-5-2-1-3-6-15/h1-12,24H,13-14H2. The maximum atomic E-state index is 13.2. The van der Waals surface area contributed by atoms with E-state index in [2.05, 4.69) is 5.32 Å². The molecular formula is C22H17FN2O5. The molecule has 0 radical (unpaired) electrons. The summed E-state index contributed by atoms with van der Waals surface area (Å²) in [5.41, 5.74) is 0.882. The SMILES string of the molecule is O=C(COC(=O)c1ccc(NCc2ccccc2)c([N+](=O)[O-])c1)c1cccc(F)c1. The van der Waals surface area contributed by atoms with E-state index in [4.69, 9.17) is 4.74 Å². The highest BCUT2D eigenvalue weighted by molar-refractivity contribution is 5.99. The summed E-state index contributed by atoms with van der Waals surface area (Å²) >= 11 is 0. The van der Waals surface area contributed by atoms with Crippen molar-refractivity contribution in [1.29, 1.82) is 0 Å². The number of ketones is 1. The van der Waals surface area contributed by atoms with Gasteiger partial charge in [-0.3, -0.25) is 14.9 Å². The van der Waals surface area contributed by atoms with Crippen LogP contribution in [-0.2, 0) is 11.3 Å². The predicted molar refractivity (Wildman–Crippen MR) is 108 cm³/mol. The third-order valence-electron chi connectivity index (χ3n) is 4.24. The molecule has 3 rings (SSSR count). The van der Waals surface area contributed by atoms with Gasteiger partial charge in [0.2, 0.25) is 0 Å². The third kappa shape index (κ3) is 5.26. The molecule has 1 N–H and O–H groups in total. The van der Waals surface area contributed by atoms with Gasteiger partial charge >= 0.3 is 5.97 Å². The zero-order valence-corrected chi connectivity index (χ0v) is 15.7. The summed E-state index contributed by atoms with van der Waals surface area (Å²) in [5, 5.41) is 14.4. The molecule has 0 unspecified atom stereocenters. The van der Waals surface area contributed by atoms with Crippen molar-refractivity contribution in [3.63, 3.8) is 0 Å². The van der Waals surface area contributed by atoms with E-state index in [9.17, 15) is 24.1 Å². The number of esters is 1. The summed E-state index contributed by atoms with van der Waals surface area (Å²) in [4.78, 5) is 35.0. The number of hydrogen-bond acceptors (Lipinski definition) is 6. The van der Waals surface area contributed by atoms with Gasteiger partial charge in [0, 0.05) is 18.2 Å². The number of rotatable bonds is 8. The Labute approximate surface area is 171 Å². The number of nitro groups is 1. The van der Waals surface area contributed by atoms with Gasteiger partial charge in [-0.2, -0.15) is 0 Å². The number of nitrogens with zero attached hydrogens (tertiary/aromatic N) is 1. The Balaban J connectivity index is 1.68. The lowest BCUT2D eigenvalue weighted by atomic mass is 10.1. The van der Waals surface area contributed by atoms with Crippen molar-refractivity contribution >= 4 is 23.1 Å². The van der Waals surface area contributed by atoms with Crippen LogP contribution in [0.1, 0.15) is 26.3 Å². The molecule has 0 aromatic heterocycles. The molecule has 7 nitrogen and oxygen atoms in total. The molecule has 30 heavy (non-hydrogen) atoms. The molecule has 8 heteroatoms. The zero-order chi connectivity index (χ0) is 21.5. The summed E-state index contributed by atoms with van der Waals surface area (Å²) in [6.07, 6.45) is 0. The molecule has 0 heterocycles. The lowest BCUT2D eigenvalue weighted by Gasteiger charge is -2.09. The van der Waals surface area contributed by atoms with Crippen LogP contribution in [0.3, 0.4) is 0 Å². The lowest BCUT2D eigenvalue weighted by Crippen LogP contribution is -2.15. The fourth-order valence-electron chi connectivity index (χ4n) is 2.71. The van der Waals surface area contributed by atoms with Crippen LogP contribution in [0.15, 0.2) is 72.8 Å². The first-order valence-corrected chi connectivity index (χ1v) is 8.96. The topological polar surface area (TPSA) is 98.5 Å². The number of hydrogen-bond donors (Lipinski definition) is 1. The van der Waals surface area contributed by atoms with Crippen molar-refractivity contribution in [2.24, 2.45) is 0 Å². The van der Waals surface area contributed by atoms with Gasteiger partial charge in [-0.15, -0.1) is 0 Å². The Hall–Kier alpha value is -4.07. The highest BCUT2D eigenvalue weighted by Gasteiger charge is 2.19. The second kappa shape index (κ2) is 9.42.